The summed E-state index contributed by atoms with van der Waals surface area (Å²) in [7, 11) is 1.85. The zero-order chi connectivity index (χ0) is 29.1. The van der Waals surface area contributed by atoms with Gasteiger partial charge in [0.1, 0.15) is 5.60 Å². The third-order valence-corrected chi connectivity index (χ3v) is 7.31. The summed E-state index contributed by atoms with van der Waals surface area (Å²) in [4.78, 5) is 47.8. The van der Waals surface area contributed by atoms with Crippen molar-refractivity contribution >= 4 is 45.2 Å². The highest BCUT2D eigenvalue weighted by Gasteiger charge is 2.22. The van der Waals surface area contributed by atoms with E-state index in [1.54, 1.807) is 35.0 Å². The van der Waals surface area contributed by atoms with E-state index in [9.17, 15) is 9.59 Å². The third-order valence-electron chi connectivity index (χ3n) is 6.21. The Kier molecular flexibility index (Phi) is 8.10. The molecule has 1 aliphatic rings. The number of thiophene rings is 1. The van der Waals surface area contributed by atoms with Gasteiger partial charge in [-0.1, -0.05) is 12.1 Å². The van der Waals surface area contributed by atoms with Crippen molar-refractivity contribution in [2.45, 2.75) is 32.9 Å². The van der Waals surface area contributed by atoms with Crippen LogP contribution in [0.5, 0.6) is 0 Å². The Labute approximate surface area is 240 Å². The van der Waals surface area contributed by atoms with E-state index >= 15 is 0 Å². The summed E-state index contributed by atoms with van der Waals surface area (Å²) in [6, 6.07) is 9.20. The lowest BCUT2D eigenvalue weighted by Gasteiger charge is -2.28. The zero-order valence-corrected chi connectivity index (χ0v) is 24.1. The predicted molar refractivity (Wildman–Crippen MR) is 154 cm³/mol. The standard InChI is InChI=1S/C28H31N7O5S/c1-28(2,3)40-26(37)18-7-5-6-17(12-18)23-31-21-13-20(41-22(21)24(32-23)35-8-10-39-11-9-35)16-34(4)27-29-14-19(15-30-27)25(36)33-38/h5-7,12-15,38H,8-11,16H2,1-4H3,(H,33,36). The number of morpholine rings is 1. The fraction of sp³-hybridized carbons (Fsp3) is 0.357. The van der Waals surface area contributed by atoms with Crippen LogP contribution in [0.15, 0.2) is 42.7 Å². The second-order valence-electron chi connectivity index (χ2n) is 10.5. The minimum Gasteiger partial charge on any atom is -0.456 e. The summed E-state index contributed by atoms with van der Waals surface area (Å²) in [6.07, 6.45) is 2.71. The second-order valence-corrected chi connectivity index (χ2v) is 11.7. The average molecular weight is 578 g/mol. The molecule has 12 nitrogen and oxygen atoms in total. The lowest BCUT2D eigenvalue weighted by atomic mass is 10.1. The number of aromatic nitrogens is 4. The summed E-state index contributed by atoms with van der Waals surface area (Å²) >= 11 is 1.59. The Hall–Kier alpha value is -4.20. The van der Waals surface area contributed by atoms with Gasteiger partial charge in [0.2, 0.25) is 5.95 Å². The van der Waals surface area contributed by atoms with Crippen molar-refractivity contribution in [1.82, 2.24) is 25.4 Å². The molecule has 0 unspecified atom stereocenters. The van der Waals surface area contributed by atoms with Crippen LogP contribution in [0.1, 0.15) is 46.4 Å². The first-order valence-electron chi connectivity index (χ1n) is 13.1. The van der Waals surface area contributed by atoms with Crippen LogP contribution in [0.3, 0.4) is 0 Å². The molecule has 1 fully saturated rings. The topological polar surface area (TPSA) is 143 Å². The molecule has 2 N–H and O–H groups in total. The summed E-state index contributed by atoms with van der Waals surface area (Å²) in [5.74, 6) is 0.692. The van der Waals surface area contributed by atoms with Crippen LogP contribution in [-0.2, 0) is 16.0 Å². The molecule has 0 bridgehead atoms. The maximum absolute atomic E-state index is 12.7. The Morgan fingerprint density at radius 2 is 1.85 bits per heavy atom. The smallest absolute Gasteiger partial charge is 0.338 e. The van der Waals surface area contributed by atoms with E-state index in [0.717, 1.165) is 26.5 Å². The molecule has 13 heteroatoms. The Morgan fingerprint density at radius 1 is 1.12 bits per heavy atom. The normalized spacial score (nSPS) is 13.7. The lowest BCUT2D eigenvalue weighted by Crippen LogP contribution is -2.36. The van der Waals surface area contributed by atoms with Crippen LogP contribution in [0, 0.1) is 0 Å². The van der Waals surface area contributed by atoms with Crippen LogP contribution in [0.2, 0.25) is 0 Å². The fourth-order valence-corrected chi connectivity index (χ4v) is 5.45. The predicted octanol–water partition coefficient (Wildman–Crippen LogP) is 3.70. The van der Waals surface area contributed by atoms with Crippen molar-refractivity contribution in [1.29, 1.82) is 0 Å². The summed E-state index contributed by atoms with van der Waals surface area (Å²) in [5, 5.41) is 8.81. The minimum absolute atomic E-state index is 0.153. The zero-order valence-electron chi connectivity index (χ0n) is 23.2. The molecule has 0 spiro atoms. The number of fused-ring (bicyclic) bond motifs is 1. The monoisotopic (exact) mass is 577 g/mol. The highest BCUT2D eigenvalue weighted by molar-refractivity contribution is 7.19. The van der Waals surface area contributed by atoms with Gasteiger partial charge in [-0.25, -0.2) is 30.2 Å². The SMILES string of the molecule is CN(Cc1cc2nc(-c3cccc(C(=O)OC(C)(C)C)c3)nc(N3CCOCC3)c2s1)c1ncc(C(=O)NO)cn1. The number of hydrogen-bond acceptors (Lipinski definition) is 12. The van der Waals surface area contributed by atoms with Crippen LogP contribution in [0.4, 0.5) is 11.8 Å². The molecule has 1 saturated heterocycles. The second kappa shape index (κ2) is 11.7. The van der Waals surface area contributed by atoms with Crippen molar-refractivity contribution < 1.29 is 24.3 Å². The van der Waals surface area contributed by atoms with Gasteiger partial charge in [-0.3, -0.25) is 10.0 Å². The van der Waals surface area contributed by atoms with Gasteiger partial charge in [-0.2, -0.15) is 0 Å². The number of rotatable bonds is 7. The maximum Gasteiger partial charge on any atom is 0.338 e. The molecule has 0 radical (unpaired) electrons. The van der Waals surface area contributed by atoms with Gasteiger partial charge in [-0.15, -0.1) is 11.3 Å². The largest absolute Gasteiger partial charge is 0.456 e. The van der Waals surface area contributed by atoms with Gasteiger partial charge < -0.3 is 19.3 Å². The van der Waals surface area contributed by atoms with E-state index in [1.807, 2.05) is 44.9 Å². The van der Waals surface area contributed by atoms with E-state index in [2.05, 4.69) is 14.9 Å². The Bertz CT molecular complexity index is 1560. The van der Waals surface area contributed by atoms with E-state index in [4.69, 9.17) is 24.6 Å². The third kappa shape index (κ3) is 6.59. The molecule has 1 aliphatic heterocycles. The van der Waals surface area contributed by atoms with E-state index in [-0.39, 0.29) is 5.56 Å². The molecule has 41 heavy (non-hydrogen) atoms. The number of benzene rings is 1. The van der Waals surface area contributed by atoms with Gasteiger partial charge in [0, 0.05) is 43.0 Å². The Balaban J connectivity index is 1.48. The number of esters is 1. The first kappa shape index (κ1) is 28.3. The van der Waals surface area contributed by atoms with E-state index < -0.39 is 17.5 Å². The Morgan fingerprint density at radius 3 is 2.54 bits per heavy atom. The molecule has 0 aliphatic carbocycles. The van der Waals surface area contributed by atoms with Gasteiger partial charge in [0.05, 0.1) is 41.1 Å². The molecule has 214 valence electrons. The molecule has 0 atom stereocenters. The average Bonchev–Trinajstić information content (AvgIpc) is 3.38. The first-order chi connectivity index (χ1) is 19.6. The number of nitrogens with zero attached hydrogens (tertiary/aromatic N) is 6. The highest BCUT2D eigenvalue weighted by atomic mass is 32.1. The molecule has 4 aromatic rings. The molecule has 1 amide bonds. The number of hydroxylamine groups is 1. The molecular weight excluding hydrogens is 546 g/mol. The highest BCUT2D eigenvalue weighted by Crippen LogP contribution is 2.35. The van der Waals surface area contributed by atoms with Crippen LogP contribution < -0.4 is 15.3 Å². The maximum atomic E-state index is 12.7. The molecule has 3 aromatic heterocycles. The molecular formula is C28H31N7O5S. The molecule has 1 aromatic carbocycles. The summed E-state index contributed by atoms with van der Waals surface area (Å²) in [6.45, 7) is 8.64. The minimum atomic E-state index is -0.676. The van der Waals surface area contributed by atoms with Crippen molar-refractivity contribution in [3.8, 4) is 11.4 Å². The van der Waals surface area contributed by atoms with Crippen LogP contribution >= 0.6 is 11.3 Å². The van der Waals surface area contributed by atoms with Crippen molar-refractivity contribution in [3.05, 3.63) is 58.7 Å². The van der Waals surface area contributed by atoms with E-state index in [0.29, 0.717) is 50.2 Å². The lowest BCUT2D eigenvalue weighted by molar-refractivity contribution is 0.00694. The van der Waals surface area contributed by atoms with Gasteiger partial charge in [-0.05, 0) is 39.0 Å². The molecule has 4 heterocycles. The van der Waals surface area contributed by atoms with Crippen LogP contribution in [-0.4, -0.2) is 76.0 Å². The van der Waals surface area contributed by atoms with Crippen molar-refractivity contribution in [2.24, 2.45) is 0 Å². The number of carbonyl (C=O) groups is 2. The number of carbonyl (C=O) groups excluding carboxylic acids is 2. The number of anilines is 2. The summed E-state index contributed by atoms with van der Waals surface area (Å²) < 4.78 is 12.1. The quantitative estimate of drug-likeness (QED) is 0.189. The molecule has 0 saturated carbocycles. The van der Waals surface area contributed by atoms with Crippen LogP contribution in [0.25, 0.3) is 21.6 Å². The number of hydrogen-bond donors (Lipinski definition) is 2. The number of nitrogens with one attached hydrogen (secondary N) is 1. The van der Waals surface area contributed by atoms with Crippen molar-refractivity contribution in [3.63, 3.8) is 0 Å². The van der Waals surface area contributed by atoms with E-state index in [1.165, 1.54) is 12.4 Å². The molecule has 5 rings (SSSR count). The van der Waals surface area contributed by atoms with Gasteiger partial charge in [0.25, 0.3) is 5.91 Å². The van der Waals surface area contributed by atoms with Gasteiger partial charge >= 0.3 is 5.97 Å². The van der Waals surface area contributed by atoms with Gasteiger partial charge in [0.15, 0.2) is 11.6 Å². The number of amides is 1. The first-order valence-corrected chi connectivity index (χ1v) is 13.9. The van der Waals surface area contributed by atoms with Crippen molar-refractivity contribution in [2.75, 3.05) is 43.2 Å². The fourth-order valence-electron chi connectivity index (χ4n) is 4.29. The number of ether oxygens (including phenoxy) is 2. The summed E-state index contributed by atoms with van der Waals surface area (Å²) in [5.41, 5.74) is 3.07.